The molecule has 3 amide bonds. The van der Waals surface area contributed by atoms with E-state index in [9.17, 15) is 24.3 Å². The molecule has 1 fully saturated rings. The number of ether oxygens (including phenoxy) is 2. The van der Waals surface area contributed by atoms with Crippen LogP contribution in [0.5, 0.6) is 0 Å². The Morgan fingerprint density at radius 2 is 1.69 bits per heavy atom. The molecule has 2 N–H and O–H groups in total. The largest absolute Gasteiger partial charge is 0.460 e. The number of carbonyl (C=O) groups excluding carboxylic acids is 4. The SMILES string of the molecule is CCOC(=O)N1CCN(C(=O)C(CCC(=O)OC(C)(C)C)NC(=O)c2cc(CCCO)nc(-c3ccccc3)n2)CC1. The van der Waals surface area contributed by atoms with Crippen molar-refractivity contribution < 1.29 is 33.8 Å². The van der Waals surface area contributed by atoms with Crippen LogP contribution in [0.3, 0.4) is 0 Å². The molecule has 0 spiro atoms. The van der Waals surface area contributed by atoms with E-state index in [1.165, 1.54) is 4.90 Å². The average Bonchev–Trinajstić information content (AvgIpc) is 2.97. The predicted molar refractivity (Wildman–Crippen MR) is 154 cm³/mol. The molecule has 0 radical (unpaired) electrons. The number of nitrogens with zero attached hydrogens (tertiary/aromatic N) is 4. The lowest BCUT2D eigenvalue weighted by Crippen LogP contribution is -2.56. The Labute approximate surface area is 246 Å². The van der Waals surface area contributed by atoms with Gasteiger partial charge in [0.25, 0.3) is 5.91 Å². The normalized spacial score (nSPS) is 14.2. The fraction of sp³-hybridized carbons (Fsp3) is 0.533. The minimum Gasteiger partial charge on any atom is -0.460 e. The number of aromatic nitrogens is 2. The van der Waals surface area contributed by atoms with Crippen LogP contribution in [0.25, 0.3) is 11.4 Å². The van der Waals surface area contributed by atoms with Crippen molar-refractivity contribution in [3.63, 3.8) is 0 Å². The second kappa shape index (κ2) is 15.2. The maximum atomic E-state index is 13.6. The third kappa shape index (κ3) is 9.79. The summed E-state index contributed by atoms with van der Waals surface area (Å²) >= 11 is 0. The van der Waals surface area contributed by atoms with Gasteiger partial charge in [0, 0.05) is 50.5 Å². The van der Waals surface area contributed by atoms with Gasteiger partial charge in [-0.3, -0.25) is 14.4 Å². The first kappa shape index (κ1) is 32.5. The van der Waals surface area contributed by atoms with Gasteiger partial charge in [0.1, 0.15) is 17.3 Å². The van der Waals surface area contributed by atoms with Crippen LogP contribution in [0.15, 0.2) is 36.4 Å². The summed E-state index contributed by atoms with van der Waals surface area (Å²) in [4.78, 5) is 63.9. The molecule has 12 heteroatoms. The van der Waals surface area contributed by atoms with Gasteiger partial charge in [0.2, 0.25) is 5.91 Å². The van der Waals surface area contributed by atoms with Crippen LogP contribution in [-0.4, -0.2) is 99.8 Å². The zero-order valence-electron chi connectivity index (χ0n) is 24.8. The summed E-state index contributed by atoms with van der Waals surface area (Å²) in [5.74, 6) is -1.09. The number of carbonyl (C=O) groups is 4. The van der Waals surface area contributed by atoms with Crippen LogP contribution in [0, 0.1) is 0 Å². The first-order valence-electron chi connectivity index (χ1n) is 14.3. The number of hydrogen-bond acceptors (Lipinski definition) is 9. The average molecular weight is 584 g/mol. The predicted octanol–water partition coefficient (Wildman–Crippen LogP) is 2.59. The monoisotopic (exact) mass is 583 g/mol. The molecule has 1 atom stereocenters. The molecule has 1 aliphatic heterocycles. The van der Waals surface area contributed by atoms with E-state index in [1.807, 2.05) is 30.3 Å². The Bertz CT molecular complexity index is 1220. The highest BCUT2D eigenvalue weighted by Gasteiger charge is 2.32. The molecule has 1 saturated heterocycles. The van der Waals surface area contributed by atoms with E-state index in [-0.39, 0.29) is 63.8 Å². The standard InChI is InChI=1S/C30H41N5O7/c1-5-41-29(40)35-17-15-34(16-18-35)28(39)23(13-14-25(37)42-30(2,3)4)33-27(38)24-20-22(12-9-19-36)31-26(32-24)21-10-7-6-8-11-21/h6-8,10-11,20,23,36H,5,9,12-19H2,1-4H3,(H,33,38). The number of hydrogen-bond donors (Lipinski definition) is 2. The van der Waals surface area contributed by atoms with Crippen molar-refractivity contribution >= 4 is 23.9 Å². The number of rotatable bonds is 11. The highest BCUT2D eigenvalue weighted by molar-refractivity contribution is 5.96. The summed E-state index contributed by atoms with van der Waals surface area (Å²) in [5.41, 5.74) is 0.673. The van der Waals surface area contributed by atoms with Crippen molar-refractivity contribution in [2.24, 2.45) is 0 Å². The van der Waals surface area contributed by atoms with Crippen LogP contribution in [-0.2, 0) is 25.5 Å². The van der Waals surface area contributed by atoms with Crippen molar-refractivity contribution in [3.05, 3.63) is 47.8 Å². The molecule has 0 aliphatic carbocycles. The van der Waals surface area contributed by atoms with E-state index in [0.29, 0.717) is 24.4 Å². The fourth-order valence-electron chi connectivity index (χ4n) is 4.41. The highest BCUT2D eigenvalue weighted by atomic mass is 16.6. The van der Waals surface area contributed by atoms with E-state index in [2.05, 4.69) is 15.3 Å². The van der Waals surface area contributed by atoms with Gasteiger partial charge in [0.15, 0.2) is 5.82 Å². The number of esters is 1. The molecule has 1 aromatic heterocycles. The Balaban J connectivity index is 1.81. The molecule has 3 rings (SSSR count). The third-order valence-corrected chi connectivity index (χ3v) is 6.41. The fourth-order valence-corrected chi connectivity index (χ4v) is 4.41. The molecular formula is C30H41N5O7. The number of aryl methyl sites for hydroxylation is 1. The number of aliphatic hydroxyl groups excluding tert-OH is 1. The van der Waals surface area contributed by atoms with Gasteiger partial charge in [-0.05, 0) is 53.0 Å². The lowest BCUT2D eigenvalue weighted by molar-refractivity contribution is -0.155. The molecular weight excluding hydrogens is 542 g/mol. The lowest BCUT2D eigenvalue weighted by Gasteiger charge is -2.36. The quantitative estimate of drug-likeness (QED) is 0.380. The second-order valence-corrected chi connectivity index (χ2v) is 10.9. The smallest absolute Gasteiger partial charge is 0.409 e. The summed E-state index contributed by atoms with van der Waals surface area (Å²) < 4.78 is 10.5. The van der Waals surface area contributed by atoms with Crippen molar-refractivity contribution in [2.75, 3.05) is 39.4 Å². The molecule has 2 aromatic rings. The van der Waals surface area contributed by atoms with Crippen LogP contribution < -0.4 is 5.32 Å². The highest BCUT2D eigenvalue weighted by Crippen LogP contribution is 2.18. The van der Waals surface area contributed by atoms with Crippen molar-refractivity contribution in [1.82, 2.24) is 25.1 Å². The second-order valence-electron chi connectivity index (χ2n) is 10.9. The van der Waals surface area contributed by atoms with Crippen molar-refractivity contribution in [3.8, 4) is 11.4 Å². The van der Waals surface area contributed by atoms with Crippen LogP contribution in [0.4, 0.5) is 4.79 Å². The molecule has 12 nitrogen and oxygen atoms in total. The number of benzene rings is 1. The summed E-state index contributed by atoms with van der Waals surface area (Å²) in [6, 6.07) is 9.71. The number of amides is 3. The molecule has 228 valence electrons. The molecule has 0 saturated carbocycles. The van der Waals surface area contributed by atoms with Gasteiger partial charge in [0.05, 0.1) is 6.61 Å². The zero-order valence-corrected chi connectivity index (χ0v) is 24.8. The summed E-state index contributed by atoms with van der Waals surface area (Å²) in [6.45, 7) is 8.32. The van der Waals surface area contributed by atoms with E-state index in [1.54, 1.807) is 38.7 Å². The molecule has 2 heterocycles. The summed E-state index contributed by atoms with van der Waals surface area (Å²) in [6.07, 6.45) is 0.393. The topological polar surface area (TPSA) is 151 Å². The van der Waals surface area contributed by atoms with Crippen molar-refractivity contribution in [1.29, 1.82) is 0 Å². The molecule has 1 aromatic carbocycles. The minimum absolute atomic E-state index is 0.0194. The van der Waals surface area contributed by atoms with E-state index < -0.39 is 29.6 Å². The molecule has 1 aliphatic rings. The van der Waals surface area contributed by atoms with Crippen LogP contribution in [0.2, 0.25) is 0 Å². The van der Waals surface area contributed by atoms with Crippen LogP contribution >= 0.6 is 0 Å². The minimum atomic E-state index is -1.03. The van der Waals surface area contributed by atoms with Gasteiger partial charge in [-0.1, -0.05) is 30.3 Å². The van der Waals surface area contributed by atoms with E-state index in [0.717, 1.165) is 5.56 Å². The van der Waals surface area contributed by atoms with Gasteiger partial charge in [-0.15, -0.1) is 0 Å². The Morgan fingerprint density at radius 3 is 2.31 bits per heavy atom. The first-order chi connectivity index (χ1) is 20.0. The summed E-state index contributed by atoms with van der Waals surface area (Å²) in [7, 11) is 0. The van der Waals surface area contributed by atoms with Gasteiger partial charge in [-0.2, -0.15) is 0 Å². The van der Waals surface area contributed by atoms with Crippen molar-refractivity contribution in [2.45, 2.75) is 65.0 Å². The number of aliphatic hydroxyl groups is 1. The number of piperazine rings is 1. The Kier molecular flexibility index (Phi) is 11.8. The third-order valence-electron chi connectivity index (χ3n) is 6.41. The van der Waals surface area contributed by atoms with Crippen LogP contribution in [0.1, 0.15) is 63.1 Å². The van der Waals surface area contributed by atoms with E-state index >= 15 is 0 Å². The van der Waals surface area contributed by atoms with E-state index in [4.69, 9.17) is 9.47 Å². The number of nitrogens with one attached hydrogen (secondary N) is 1. The molecule has 0 bridgehead atoms. The maximum Gasteiger partial charge on any atom is 0.409 e. The van der Waals surface area contributed by atoms with Gasteiger partial charge in [-0.25, -0.2) is 14.8 Å². The van der Waals surface area contributed by atoms with Gasteiger partial charge < -0.3 is 29.7 Å². The Morgan fingerprint density at radius 1 is 1.02 bits per heavy atom. The lowest BCUT2D eigenvalue weighted by atomic mass is 10.1. The Hall–Kier alpha value is -4.06. The summed E-state index contributed by atoms with van der Waals surface area (Å²) in [5, 5.41) is 12.1. The maximum absolute atomic E-state index is 13.6. The zero-order chi connectivity index (χ0) is 30.7. The van der Waals surface area contributed by atoms with Gasteiger partial charge >= 0.3 is 12.1 Å². The molecule has 42 heavy (non-hydrogen) atoms. The first-order valence-corrected chi connectivity index (χ1v) is 14.3. The molecule has 1 unspecified atom stereocenters.